The number of unbranched alkanes of at least 4 members (excludes halogenated alkanes) is 1. The quantitative estimate of drug-likeness (QED) is 0.905. The highest BCUT2D eigenvalue weighted by Crippen LogP contribution is 2.11. The largest absolute Gasteiger partial charge is 0.384 e. The molecule has 0 unspecified atom stereocenters. The van der Waals surface area contributed by atoms with Crippen LogP contribution in [-0.2, 0) is 13.1 Å². The number of nitrogens with zero attached hydrogens (tertiary/aromatic N) is 2. The summed E-state index contributed by atoms with van der Waals surface area (Å²) in [6.07, 6.45) is 1.73. The lowest BCUT2D eigenvalue weighted by Gasteiger charge is -2.12. The Balaban J connectivity index is 3.44. The van der Waals surface area contributed by atoms with Crippen molar-refractivity contribution >= 4 is 21.7 Å². The zero-order valence-corrected chi connectivity index (χ0v) is 11.1. The van der Waals surface area contributed by atoms with Crippen LogP contribution in [0.5, 0.6) is 0 Å². The standard InChI is InChI=1S/C10H16BrN3O2/c1-3-5-6-14-9(15)7(11)8(12)13(4-2)10(14)16/h3-6,12H2,1-2H3. The predicted molar refractivity (Wildman–Crippen MR) is 67.7 cm³/mol. The van der Waals surface area contributed by atoms with Crippen LogP contribution in [0.15, 0.2) is 14.1 Å². The Morgan fingerprint density at radius 1 is 1.25 bits per heavy atom. The summed E-state index contributed by atoms with van der Waals surface area (Å²) in [4.78, 5) is 23.7. The van der Waals surface area contributed by atoms with Crippen molar-refractivity contribution in [2.45, 2.75) is 39.8 Å². The molecule has 0 bridgehead atoms. The third-order valence-corrected chi connectivity index (χ3v) is 3.21. The smallest absolute Gasteiger partial charge is 0.332 e. The van der Waals surface area contributed by atoms with Crippen LogP contribution in [0.1, 0.15) is 26.7 Å². The first-order valence-electron chi connectivity index (χ1n) is 5.33. The van der Waals surface area contributed by atoms with Gasteiger partial charge in [-0.3, -0.25) is 13.9 Å². The van der Waals surface area contributed by atoms with Crippen molar-refractivity contribution in [3.05, 3.63) is 25.3 Å². The predicted octanol–water partition coefficient (Wildman–Crippen LogP) is 1.17. The summed E-state index contributed by atoms with van der Waals surface area (Å²) in [5.41, 5.74) is 5.02. The highest BCUT2D eigenvalue weighted by Gasteiger charge is 2.13. The molecule has 1 aromatic heterocycles. The van der Waals surface area contributed by atoms with Crippen molar-refractivity contribution in [3.8, 4) is 0 Å². The van der Waals surface area contributed by atoms with Crippen LogP contribution in [0.4, 0.5) is 5.82 Å². The van der Waals surface area contributed by atoms with E-state index in [0.717, 1.165) is 12.8 Å². The fourth-order valence-electron chi connectivity index (χ4n) is 1.50. The Morgan fingerprint density at radius 3 is 2.38 bits per heavy atom. The molecule has 5 nitrogen and oxygen atoms in total. The molecule has 0 aliphatic carbocycles. The monoisotopic (exact) mass is 289 g/mol. The van der Waals surface area contributed by atoms with E-state index < -0.39 is 0 Å². The second-order valence-electron chi connectivity index (χ2n) is 3.54. The third kappa shape index (κ3) is 2.21. The van der Waals surface area contributed by atoms with Crippen molar-refractivity contribution in [2.75, 3.05) is 5.73 Å². The maximum Gasteiger partial charge on any atom is 0.332 e. The van der Waals surface area contributed by atoms with Crippen LogP contribution in [0.25, 0.3) is 0 Å². The summed E-state index contributed by atoms with van der Waals surface area (Å²) in [7, 11) is 0. The van der Waals surface area contributed by atoms with Crippen molar-refractivity contribution < 1.29 is 0 Å². The topological polar surface area (TPSA) is 70.0 Å². The van der Waals surface area contributed by atoms with Crippen molar-refractivity contribution in [1.29, 1.82) is 0 Å². The average molecular weight is 290 g/mol. The second kappa shape index (κ2) is 5.34. The summed E-state index contributed by atoms with van der Waals surface area (Å²) < 4.78 is 2.89. The maximum atomic E-state index is 11.9. The Morgan fingerprint density at radius 2 is 1.88 bits per heavy atom. The van der Waals surface area contributed by atoms with Gasteiger partial charge in [0.2, 0.25) is 0 Å². The lowest BCUT2D eigenvalue weighted by atomic mass is 10.3. The van der Waals surface area contributed by atoms with Crippen LogP contribution in [-0.4, -0.2) is 9.13 Å². The summed E-state index contributed by atoms with van der Waals surface area (Å²) in [6.45, 7) is 4.72. The van der Waals surface area contributed by atoms with Gasteiger partial charge in [0.25, 0.3) is 5.56 Å². The van der Waals surface area contributed by atoms with Gasteiger partial charge in [0, 0.05) is 13.1 Å². The summed E-state index contributed by atoms with van der Waals surface area (Å²) >= 11 is 3.13. The van der Waals surface area contributed by atoms with Gasteiger partial charge < -0.3 is 5.73 Å². The molecule has 90 valence electrons. The molecule has 0 spiro atoms. The normalized spacial score (nSPS) is 10.7. The van der Waals surface area contributed by atoms with E-state index in [-0.39, 0.29) is 21.5 Å². The van der Waals surface area contributed by atoms with Gasteiger partial charge in [-0.05, 0) is 29.3 Å². The number of anilines is 1. The molecule has 0 atom stereocenters. The zero-order chi connectivity index (χ0) is 12.3. The van der Waals surface area contributed by atoms with E-state index in [2.05, 4.69) is 15.9 Å². The van der Waals surface area contributed by atoms with Gasteiger partial charge >= 0.3 is 5.69 Å². The number of hydrogen-bond donors (Lipinski definition) is 1. The van der Waals surface area contributed by atoms with Crippen LogP contribution in [0, 0.1) is 0 Å². The van der Waals surface area contributed by atoms with Gasteiger partial charge in [-0.25, -0.2) is 4.79 Å². The molecule has 0 fully saturated rings. The molecule has 1 heterocycles. The lowest BCUT2D eigenvalue weighted by molar-refractivity contribution is 0.541. The second-order valence-corrected chi connectivity index (χ2v) is 4.33. The summed E-state index contributed by atoms with van der Waals surface area (Å²) in [6, 6.07) is 0. The molecule has 1 aromatic rings. The van der Waals surface area contributed by atoms with Gasteiger partial charge in [-0.1, -0.05) is 13.3 Å². The number of nitrogen functional groups attached to an aromatic ring is 1. The Labute approximate surface area is 102 Å². The first kappa shape index (κ1) is 13.0. The minimum absolute atomic E-state index is 0.199. The van der Waals surface area contributed by atoms with E-state index in [0.29, 0.717) is 13.1 Å². The van der Waals surface area contributed by atoms with Crippen molar-refractivity contribution in [1.82, 2.24) is 9.13 Å². The molecule has 2 N–H and O–H groups in total. The van der Waals surface area contributed by atoms with Crippen molar-refractivity contribution in [2.24, 2.45) is 0 Å². The van der Waals surface area contributed by atoms with E-state index in [4.69, 9.17) is 5.73 Å². The summed E-state index contributed by atoms with van der Waals surface area (Å²) in [5, 5.41) is 0. The fraction of sp³-hybridized carbons (Fsp3) is 0.600. The van der Waals surface area contributed by atoms with E-state index >= 15 is 0 Å². The molecule has 0 aliphatic rings. The molecule has 0 amide bonds. The average Bonchev–Trinajstić information content (AvgIpc) is 2.27. The van der Waals surface area contributed by atoms with Gasteiger partial charge in [0.1, 0.15) is 10.3 Å². The van der Waals surface area contributed by atoms with Crippen LogP contribution >= 0.6 is 15.9 Å². The zero-order valence-electron chi connectivity index (χ0n) is 9.49. The highest BCUT2D eigenvalue weighted by molar-refractivity contribution is 9.10. The molecule has 0 aliphatic heterocycles. The lowest BCUT2D eigenvalue weighted by Crippen LogP contribution is -2.41. The van der Waals surface area contributed by atoms with E-state index in [1.807, 2.05) is 13.8 Å². The minimum atomic E-state index is -0.347. The Hall–Kier alpha value is -1.04. The molecule has 0 aromatic carbocycles. The fourth-order valence-corrected chi connectivity index (χ4v) is 1.93. The Kier molecular flexibility index (Phi) is 4.35. The maximum absolute atomic E-state index is 11.9. The molecule has 1 rings (SSSR count). The number of halogens is 1. The number of rotatable bonds is 4. The van der Waals surface area contributed by atoms with E-state index in [1.54, 1.807) is 0 Å². The van der Waals surface area contributed by atoms with Crippen molar-refractivity contribution in [3.63, 3.8) is 0 Å². The molecule has 0 saturated heterocycles. The number of aromatic nitrogens is 2. The molecule has 16 heavy (non-hydrogen) atoms. The molecular weight excluding hydrogens is 274 g/mol. The molecule has 0 saturated carbocycles. The van der Waals surface area contributed by atoms with Crippen LogP contribution in [0.2, 0.25) is 0 Å². The molecule has 0 radical (unpaired) electrons. The molecule has 6 heteroatoms. The highest BCUT2D eigenvalue weighted by atomic mass is 79.9. The van der Waals surface area contributed by atoms with Gasteiger partial charge in [-0.2, -0.15) is 0 Å². The molecular formula is C10H16BrN3O2. The van der Waals surface area contributed by atoms with Gasteiger partial charge in [0.15, 0.2) is 0 Å². The number of hydrogen-bond acceptors (Lipinski definition) is 3. The summed E-state index contributed by atoms with van der Waals surface area (Å²) in [5.74, 6) is 0.199. The number of nitrogens with two attached hydrogens (primary N) is 1. The SMILES string of the molecule is CCCCn1c(=O)c(Br)c(N)n(CC)c1=O. The third-order valence-electron chi connectivity index (χ3n) is 2.46. The minimum Gasteiger partial charge on any atom is -0.384 e. The van der Waals surface area contributed by atoms with E-state index in [9.17, 15) is 9.59 Å². The van der Waals surface area contributed by atoms with Crippen LogP contribution in [0.3, 0.4) is 0 Å². The van der Waals surface area contributed by atoms with Crippen LogP contribution < -0.4 is 17.0 Å². The first-order valence-corrected chi connectivity index (χ1v) is 6.12. The first-order chi connectivity index (χ1) is 7.54. The van der Waals surface area contributed by atoms with E-state index in [1.165, 1.54) is 9.13 Å². The van der Waals surface area contributed by atoms with Gasteiger partial charge in [0.05, 0.1) is 0 Å². The van der Waals surface area contributed by atoms with Gasteiger partial charge in [-0.15, -0.1) is 0 Å². The Bertz CT molecular complexity index is 490.